The zero-order valence-corrected chi connectivity index (χ0v) is 15.8. The highest BCUT2D eigenvalue weighted by molar-refractivity contribution is 14.0. The van der Waals surface area contributed by atoms with Gasteiger partial charge in [0.1, 0.15) is 11.6 Å². The summed E-state index contributed by atoms with van der Waals surface area (Å²) in [7, 11) is 0. The minimum absolute atomic E-state index is 0. The molecule has 1 aromatic carbocycles. The van der Waals surface area contributed by atoms with Crippen molar-refractivity contribution in [1.82, 2.24) is 10.6 Å². The van der Waals surface area contributed by atoms with Crippen molar-refractivity contribution in [2.45, 2.75) is 31.9 Å². The van der Waals surface area contributed by atoms with E-state index in [1.165, 1.54) is 25.0 Å². The Kier molecular flexibility index (Phi) is 7.29. The van der Waals surface area contributed by atoms with Crippen molar-refractivity contribution in [1.29, 1.82) is 0 Å². The fraction of sp³-hybridized carbons (Fsp3) is 0.471. The standard InChI is InChI=1S/C17H22FN3O2.HI/c1-2-6-19-17(21-15-3-4-15)20-7-5-12-8-14(18)9-13-10-22-11-23-16(12)13;/h2,8-9,15H,1,3-7,10-11H2,(H2,19,20,21);1H. The van der Waals surface area contributed by atoms with Gasteiger partial charge in [-0.3, -0.25) is 4.99 Å². The highest BCUT2D eigenvalue weighted by atomic mass is 127. The van der Waals surface area contributed by atoms with Gasteiger partial charge in [-0.15, -0.1) is 30.6 Å². The Bertz CT molecular complexity index is 606. The predicted molar refractivity (Wildman–Crippen MR) is 102 cm³/mol. The first-order chi connectivity index (χ1) is 11.3. The molecule has 1 saturated carbocycles. The molecular formula is C17H23FIN3O2. The quantitative estimate of drug-likeness (QED) is 0.305. The van der Waals surface area contributed by atoms with E-state index in [4.69, 9.17) is 9.47 Å². The SMILES string of the molecule is C=CCNC(=NCCc1cc(F)cc2c1OCOC2)NC1CC1.I. The highest BCUT2D eigenvalue weighted by Gasteiger charge is 2.22. The number of fused-ring (bicyclic) bond motifs is 1. The second kappa shape index (κ2) is 9.22. The van der Waals surface area contributed by atoms with Crippen molar-refractivity contribution in [3.63, 3.8) is 0 Å². The Labute approximate surface area is 158 Å². The van der Waals surface area contributed by atoms with E-state index in [0.29, 0.717) is 32.2 Å². The Hall–Kier alpha value is -1.35. The summed E-state index contributed by atoms with van der Waals surface area (Å²) < 4.78 is 24.4. The number of nitrogens with zero attached hydrogens (tertiary/aromatic N) is 1. The number of rotatable bonds is 6. The average molecular weight is 447 g/mol. The third-order valence-electron chi connectivity index (χ3n) is 3.73. The van der Waals surface area contributed by atoms with Crippen LogP contribution in [0.4, 0.5) is 4.39 Å². The van der Waals surface area contributed by atoms with Crippen LogP contribution in [0.2, 0.25) is 0 Å². The maximum absolute atomic E-state index is 13.7. The zero-order chi connectivity index (χ0) is 16.1. The van der Waals surface area contributed by atoms with E-state index in [2.05, 4.69) is 22.2 Å². The summed E-state index contributed by atoms with van der Waals surface area (Å²) in [6, 6.07) is 3.51. The molecule has 3 rings (SSSR count). The van der Waals surface area contributed by atoms with Gasteiger partial charge in [0.15, 0.2) is 12.8 Å². The van der Waals surface area contributed by atoms with E-state index in [0.717, 1.165) is 22.8 Å². The fourth-order valence-electron chi connectivity index (χ4n) is 2.47. The maximum Gasteiger partial charge on any atom is 0.191 e. The van der Waals surface area contributed by atoms with Crippen molar-refractivity contribution < 1.29 is 13.9 Å². The molecule has 0 spiro atoms. The lowest BCUT2D eigenvalue weighted by Crippen LogP contribution is -2.38. The molecule has 0 unspecified atom stereocenters. The molecule has 7 heteroatoms. The van der Waals surface area contributed by atoms with Crippen molar-refractivity contribution in [2.75, 3.05) is 19.9 Å². The topological polar surface area (TPSA) is 54.9 Å². The lowest BCUT2D eigenvalue weighted by atomic mass is 10.1. The van der Waals surface area contributed by atoms with Gasteiger partial charge >= 0.3 is 0 Å². The minimum atomic E-state index is -0.266. The van der Waals surface area contributed by atoms with E-state index in [9.17, 15) is 4.39 Å². The highest BCUT2D eigenvalue weighted by Crippen LogP contribution is 2.29. The lowest BCUT2D eigenvalue weighted by molar-refractivity contribution is -0.0172. The molecule has 0 radical (unpaired) electrons. The van der Waals surface area contributed by atoms with Crippen LogP contribution in [0, 0.1) is 5.82 Å². The number of aliphatic imine (C=N–C) groups is 1. The summed E-state index contributed by atoms with van der Waals surface area (Å²) in [6.45, 7) is 5.51. The second-order valence-corrected chi connectivity index (χ2v) is 5.73. The molecule has 24 heavy (non-hydrogen) atoms. The Morgan fingerprint density at radius 1 is 1.42 bits per heavy atom. The van der Waals surface area contributed by atoms with Crippen LogP contribution in [0.3, 0.4) is 0 Å². The molecule has 2 aliphatic rings. The molecule has 0 aromatic heterocycles. The molecule has 0 atom stereocenters. The summed E-state index contributed by atoms with van der Waals surface area (Å²) in [6.07, 6.45) is 4.77. The fourth-order valence-corrected chi connectivity index (χ4v) is 2.47. The second-order valence-electron chi connectivity index (χ2n) is 5.73. The van der Waals surface area contributed by atoms with E-state index < -0.39 is 0 Å². The van der Waals surface area contributed by atoms with Crippen molar-refractivity contribution >= 4 is 29.9 Å². The van der Waals surface area contributed by atoms with Gasteiger partial charge in [0.25, 0.3) is 0 Å². The molecule has 0 amide bonds. The van der Waals surface area contributed by atoms with Gasteiger partial charge in [0, 0.05) is 24.7 Å². The lowest BCUT2D eigenvalue weighted by Gasteiger charge is -2.20. The van der Waals surface area contributed by atoms with Gasteiger partial charge in [0.05, 0.1) is 6.61 Å². The molecule has 1 heterocycles. The predicted octanol–water partition coefficient (Wildman–Crippen LogP) is 2.74. The van der Waals surface area contributed by atoms with E-state index in [1.807, 2.05) is 0 Å². The number of benzene rings is 1. The number of hydrogen-bond acceptors (Lipinski definition) is 3. The summed E-state index contributed by atoms with van der Waals surface area (Å²) in [5.74, 6) is 1.25. The van der Waals surface area contributed by atoms with Crippen LogP contribution in [0.1, 0.15) is 24.0 Å². The van der Waals surface area contributed by atoms with Crippen LogP contribution in [0.25, 0.3) is 0 Å². The van der Waals surface area contributed by atoms with Crippen LogP contribution in [-0.2, 0) is 17.8 Å². The molecule has 0 bridgehead atoms. The molecule has 2 N–H and O–H groups in total. The van der Waals surface area contributed by atoms with Gasteiger partial charge in [-0.1, -0.05) is 6.08 Å². The van der Waals surface area contributed by atoms with Crippen LogP contribution < -0.4 is 15.4 Å². The summed E-state index contributed by atoms with van der Waals surface area (Å²) in [5.41, 5.74) is 1.60. The first-order valence-corrected chi connectivity index (χ1v) is 7.94. The Morgan fingerprint density at radius 2 is 2.25 bits per heavy atom. The van der Waals surface area contributed by atoms with Gasteiger partial charge in [-0.25, -0.2) is 4.39 Å². The number of halogens is 2. The van der Waals surface area contributed by atoms with Crippen LogP contribution >= 0.6 is 24.0 Å². The Morgan fingerprint density at radius 3 is 3.00 bits per heavy atom. The molecule has 0 saturated heterocycles. The van der Waals surface area contributed by atoms with Gasteiger partial charge < -0.3 is 20.1 Å². The number of guanidine groups is 1. The monoisotopic (exact) mass is 447 g/mol. The van der Waals surface area contributed by atoms with Crippen molar-refractivity contribution in [3.05, 3.63) is 41.7 Å². The van der Waals surface area contributed by atoms with Gasteiger partial charge in [0.2, 0.25) is 0 Å². The molecule has 1 aliphatic carbocycles. The largest absolute Gasteiger partial charge is 0.467 e. The molecule has 1 fully saturated rings. The van der Waals surface area contributed by atoms with Crippen LogP contribution in [0.15, 0.2) is 29.8 Å². The number of nitrogens with one attached hydrogen (secondary N) is 2. The van der Waals surface area contributed by atoms with E-state index >= 15 is 0 Å². The van der Waals surface area contributed by atoms with E-state index in [1.54, 1.807) is 6.08 Å². The number of hydrogen-bond donors (Lipinski definition) is 2. The summed E-state index contributed by atoms with van der Waals surface area (Å²) >= 11 is 0. The average Bonchev–Trinajstić information content (AvgIpc) is 3.36. The Balaban J connectivity index is 0.00000208. The van der Waals surface area contributed by atoms with E-state index in [-0.39, 0.29) is 36.6 Å². The normalized spacial score (nSPS) is 16.5. The third-order valence-corrected chi connectivity index (χ3v) is 3.73. The first-order valence-electron chi connectivity index (χ1n) is 7.94. The van der Waals surface area contributed by atoms with Crippen molar-refractivity contribution in [2.24, 2.45) is 4.99 Å². The molecule has 1 aliphatic heterocycles. The number of ether oxygens (including phenoxy) is 2. The van der Waals surface area contributed by atoms with Gasteiger partial charge in [-0.2, -0.15) is 0 Å². The molecule has 1 aromatic rings. The first kappa shape index (κ1) is 19.0. The summed E-state index contributed by atoms with van der Waals surface area (Å²) in [5, 5.41) is 6.55. The zero-order valence-electron chi connectivity index (χ0n) is 13.5. The molecular weight excluding hydrogens is 424 g/mol. The maximum atomic E-state index is 13.7. The van der Waals surface area contributed by atoms with Crippen LogP contribution in [-0.4, -0.2) is 31.9 Å². The van der Waals surface area contributed by atoms with Crippen molar-refractivity contribution in [3.8, 4) is 5.75 Å². The summed E-state index contributed by atoms with van der Waals surface area (Å²) in [4.78, 5) is 4.55. The molecule has 132 valence electrons. The minimum Gasteiger partial charge on any atom is -0.467 e. The van der Waals surface area contributed by atoms with Gasteiger partial charge in [-0.05, 0) is 37.0 Å². The van der Waals surface area contributed by atoms with Crippen LogP contribution in [0.5, 0.6) is 5.75 Å². The third kappa shape index (κ3) is 5.34. The smallest absolute Gasteiger partial charge is 0.191 e. The molecule has 5 nitrogen and oxygen atoms in total.